The van der Waals surface area contributed by atoms with E-state index in [1.807, 2.05) is 72.2 Å². The summed E-state index contributed by atoms with van der Waals surface area (Å²) in [7, 11) is 1.61. The predicted octanol–water partition coefficient (Wildman–Crippen LogP) is 3.81. The summed E-state index contributed by atoms with van der Waals surface area (Å²) in [6.07, 6.45) is 0.803. The number of hydrogen-bond donors (Lipinski definition) is 1. The number of anilines is 1. The van der Waals surface area contributed by atoms with E-state index in [0.717, 1.165) is 17.7 Å². The highest BCUT2D eigenvalue weighted by atomic mass is 16.2. The third kappa shape index (κ3) is 4.12. The van der Waals surface area contributed by atoms with Gasteiger partial charge in [-0.1, -0.05) is 49.4 Å². The molecule has 0 spiro atoms. The van der Waals surface area contributed by atoms with E-state index in [4.69, 9.17) is 0 Å². The summed E-state index contributed by atoms with van der Waals surface area (Å²) in [5.41, 5.74) is 3.14. The molecule has 4 aromatic rings. The number of likely N-dealkylation sites (N-methyl/N-ethyl adjacent to an activating group) is 1. The molecule has 6 nitrogen and oxygen atoms in total. The van der Waals surface area contributed by atoms with Crippen molar-refractivity contribution < 1.29 is 9.59 Å². The lowest BCUT2D eigenvalue weighted by Crippen LogP contribution is -2.37. The number of carbonyl (C=O) groups is 2. The van der Waals surface area contributed by atoms with Crippen molar-refractivity contribution in [3.63, 3.8) is 0 Å². The average Bonchev–Trinajstić information content (AvgIpc) is 2.82. The van der Waals surface area contributed by atoms with Crippen molar-refractivity contribution in [2.75, 3.05) is 18.9 Å². The van der Waals surface area contributed by atoms with E-state index in [-0.39, 0.29) is 30.3 Å². The highest BCUT2D eigenvalue weighted by molar-refractivity contribution is 5.97. The van der Waals surface area contributed by atoms with Crippen LogP contribution in [-0.4, -0.2) is 34.9 Å². The van der Waals surface area contributed by atoms with Gasteiger partial charge in [0.15, 0.2) is 5.43 Å². The van der Waals surface area contributed by atoms with Crippen LogP contribution in [0.25, 0.3) is 21.8 Å². The fraction of sp³-hybridized carbons (Fsp3) is 0.192. The molecule has 0 atom stereocenters. The van der Waals surface area contributed by atoms with Crippen LogP contribution < -0.4 is 10.7 Å². The first-order chi connectivity index (χ1) is 15.5. The number of para-hydroxylation sites is 3. The molecule has 2 amide bonds. The zero-order chi connectivity index (χ0) is 22.7. The number of amides is 2. The summed E-state index contributed by atoms with van der Waals surface area (Å²) in [6, 6.07) is 22.2. The second-order valence-corrected chi connectivity index (χ2v) is 7.76. The molecule has 3 aromatic carbocycles. The number of nitrogens with one attached hydrogen (secondary N) is 1. The van der Waals surface area contributed by atoms with Gasteiger partial charge in [0.05, 0.1) is 17.6 Å². The number of rotatable bonds is 6. The molecule has 4 rings (SSSR count). The van der Waals surface area contributed by atoms with Crippen LogP contribution in [-0.2, 0) is 22.6 Å². The van der Waals surface area contributed by atoms with Crippen LogP contribution in [0.5, 0.6) is 0 Å². The van der Waals surface area contributed by atoms with E-state index in [1.165, 1.54) is 4.90 Å². The molecule has 162 valence electrons. The molecule has 0 aliphatic rings. The van der Waals surface area contributed by atoms with Crippen molar-refractivity contribution in [3.8, 4) is 0 Å². The molecule has 0 fully saturated rings. The first-order valence-electron chi connectivity index (χ1n) is 10.6. The molecular weight excluding hydrogens is 402 g/mol. The number of aryl methyl sites for hydroxylation is 1. The van der Waals surface area contributed by atoms with Crippen LogP contribution in [0.1, 0.15) is 12.5 Å². The van der Waals surface area contributed by atoms with E-state index in [2.05, 4.69) is 5.32 Å². The Labute approximate surface area is 186 Å². The maximum absolute atomic E-state index is 13.0. The Morgan fingerprint density at radius 2 is 1.44 bits per heavy atom. The summed E-state index contributed by atoms with van der Waals surface area (Å²) in [5.74, 6) is -0.473. The number of nitrogens with zero attached hydrogens (tertiary/aromatic N) is 2. The second kappa shape index (κ2) is 9.06. The minimum Gasteiger partial charge on any atom is -0.335 e. The number of hydrogen-bond acceptors (Lipinski definition) is 3. The number of carbonyl (C=O) groups excluding carboxylic acids is 2. The lowest BCUT2D eigenvalue weighted by atomic mass is 10.1. The van der Waals surface area contributed by atoms with Crippen LogP contribution in [0.3, 0.4) is 0 Å². The first kappa shape index (κ1) is 21.3. The summed E-state index contributed by atoms with van der Waals surface area (Å²) in [4.78, 5) is 39.9. The molecule has 0 saturated carbocycles. The van der Waals surface area contributed by atoms with Gasteiger partial charge in [-0.2, -0.15) is 0 Å². The molecule has 0 radical (unpaired) electrons. The minimum atomic E-state index is -0.253. The van der Waals surface area contributed by atoms with Crippen LogP contribution in [0.2, 0.25) is 0 Å². The number of fused-ring (bicyclic) bond motifs is 2. The maximum Gasteiger partial charge on any atom is 0.243 e. The average molecular weight is 428 g/mol. The molecule has 1 aromatic heterocycles. The lowest BCUT2D eigenvalue weighted by Gasteiger charge is -2.20. The van der Waals surface area contributed by atoms with Gasteiger partial charge in [0.25, 0.3) is 0 Å². The van der Waals surface area contributed by atoms with Crippen LogP contribution in [0.15, 0.2) is 77.6 Å². The van der Waals surface area contributed by atoms with Crippen LogP contribution in [0.4, 0.5) is 5.69 Å². The monoisotopic (exact) mass is 427 g/mol. The van der Waals surface area contributed by atoms with Gasteiger partial charge in [0.2, 0.25) is 11.8 Å². The Hall–Kier alpha value is -3.93. The largest absolute Gasteiger partial charge is 0.335 e. The molecule has 1 N–H and O–H groups in total. The van der Waals surface area contributed by atoms with E-state index in [1.54, 1.807) is 19.2 Å². The zero-order valence-electron chi connectivity index (χ0n) is 18.2. The Morgan fingerprint density at radius 3 is 2.06 bits per heavy atom. The summed E-state index contributed by atoms with van der Waals surface area (Å²) in [6.45, 7) is 1.99. The van der Waals surface area contributed by atoms with E-state index in [9.17, 15) is 14.4 Å². The van der Waals surface area contributed by atoms with Gasteiger partial charge in [-0.3, -0.25) is 14.4 Å². The number of aromatic nitrogens is 1. The van der Waals surface area contributed by atoms with Crippen molar-refractivity contribution in [1.82, 2.24) is 9.47 Å². The van der Waals surface area contributed by atoms with E-state index in [0.29, 0.717) is 21.8 Å². The van der Waals surface area contributed by atoms with Gasteiger partial charge < -0.3 is 14.8 Å². The highest BCUT2D eigenvalue weighted by Crippen LogP contribution is 2.19. The first-order valence-corrected chi connectivity index (χ1v) is 10.6. The van der Waals surface area contributed by atoms with Crippen molar-refractivity contribution in [2.45, 2.75) is 19.9 Å². The van der Waals surface area contributed by atoms with Gasteiger partial charge in [-0.05, 0) is 42.3 Å². The summed E-state index contributed by atoms with van der Waals surface area (Å²) < 4.78 is 1.84. The normalized spacial score (nSPS) is 10.9. The Kier molecular flexibility index (Phi) is 6.03. The van der Waals surface area contributed by atoms with Crippen LogP contribution >= 0.6 is 0 Å². The number of benzene rings is 3. The topological polar surface area (TPSA) is 71.4 Å². The van der Waals surface area contributed by atoms with Gasteiger partial charge in [-0.25, -0.2) is 0 Å². The SMILES string of the molecule is CCc1ccccc1NC(=O)CN(C)C(=O)Cn1c2ccccc2c(=O)c2ccccc21. The lowest BCUT2D eigenvalue weighted by molar-refractivity contribution is -0.133. The van der Waals surface area contributed by atoms with Crippen LogP contribution in [0, 0.1) is 0 Å². The predicted molar refractivity (Wildman–Crippen MR) is 128 cm³/mol. The summed E-state index contributed by atoms with van der Waals surface area (Å²) >= 11 is 0. The molecule has 0 unspecified atom stereocenters. The van der Waals surface area contributed by atoms with Gasteiger partial charge in [-0.15, -0.1) is 0 Å². The molecule has 1 heterocycles. The van der Waals surface area contributed by atoms with E-state index >= 15 is 0 Å². The fourth-order valence-corrected chi connectivity index (χ4v) is 3.95. The molecule has 6 heteroatoms. The highest BCUT2D eigenvalue weighted by Gasteiger charge is 2.17. The van der Waals surface area contributed by atoms with Crippen molar-refractivity contribution >= 4 is 39.3 Å². The van der Waals surface area contributed by atoms with Gasteiger partial charge >= 0.3 is 0 Å². The third-order valence-corrected chi connectivity index (χ3v) is 5.65. The Bertz CT molecular complexity index is 1310. The quantitative estimate of drug-likeness (QED) is 0.476. The zero-order valence-corrected chi connectivity index (χ0v) is 18.2. The molecule has 0 saturated heterocycles. The summed E-state index contributed by atoms with van der Waals surface area (Å²) in [5, 5.41) is 4.03. The fourth-order valence-electron chi connectivity index (χ4n) is 3.95. The molecular formula is C26H25N3O3. The van der Waals surface area contributed by atoms with Crippen molar-refractivity contribution in [2.24, 2.45) is 0 Å². The van der Waals surface area contributed by atoms with Gasteiger partial charge in [0, 0.05) is 23.5 Å². The smallest absolute Gasteiger partial charge is 0.243 e. The van der Waals surface area contributed by atoms with E-state index < -0.39 is 0 Å². The minimum absolute atomic E-state index is 0.0244. The molecule has 0 aliphatic carbocycles. The molecule has 0 bridgehead atoms. The van der Waals surface area contributed by atoms with Crippen molar-refractivity contribution in [3.05, 3.63) is 88.6 Å². The molecule has 32 heavy (non-hydrogen) atoms. The maximum atomic E-state index is 13.0. The van der Waals surface area contributed by atoms with Gasteiger partial charge in [0.1, 0.15) is 6.54 Å². The third-order valence-electron chi connectivity index (χ3n) is 5.65. The Morgan fingerprint density at radius 1 is 0.875 bits per heavy atom. The number of pyridine rings is 1. The van der Waals surface area contributed by atoms with Crippen molar-refractivity contribution in [1.29, 1.82) is 0 Å². The standard InChI is InChI=1S/C26H25N3O3/c1-3-18-10-4-7-13-21(18)27-24(30)16-28(2)25(31)17-29-22-14-8-5-11-19(22)26(32)20-12-6-9-15-23(20)29/h4-15H,3,16-17H2,1-2H3,(H,27,30). The molecule has 0 aliphatic heterocycles. The Balaban J connectivity index is 1.58. The second-order valence-electron chi connectivity index (χ2n) is 7.76.